The van der Waals surface area contributed by atoms with Gasteiger partial charge in [0.05, 0.1) is 14.4 Å². The van der Waals surface area contributed by atoms with Gasteiger partial charge in [0.1, 0.15) is 11.5 Å². The minimum atomic E-state index is 0.984. The molecule has 22 heavy (non-hydrogen) atoms. The molecule has 1 aliphatic rings. The fourth-order valence-corrected chi connectivity index (χ4v) is 4.43. The molecule has 4 rings (SSSR count). The summed E-state index contributed by atoms with van der Waals surface area (Å²) in [5.41, 5.74) is 6.11. The predicted octanol–water partition coefficient (Wildman–Crippen LogP) is 4.95. The van der Waals surface area contributed by atoms with Crippen LogP contribution >= 0.6 is 27.3 Å². The molecule has 1 aromatic carbocycles. The fourth-order valence-electron chi connectivity index (χ4n) is 3.03. The van der Waals surface area contributed by atoms with E-state index in [4.69, 9.17) is 5.10 Å². The second kappa shape index (κ2) is 5.25. The van der Waals surface area contributed by atoms with Crippen LogP contribution in [0.4, 0.5) is 5.82 Å². The van der Waals surface area contributed by atoms with E-state index < -0.39 is 0 Å². The fraction of sp³-hybridized carbons (Fsp3) is 0.235. The Balaban J connectivity index is 1.91. The third-order valence-corrected chi connectivity index (χ3v) is 5.67. The van der Waals surface area contributed by atoms with E-state index in [0.717, 1.165) is 34.0 Å². The summed E-state index contributed by atoms with van der Waals surface area (Å²) in [4.78, 5) is 1.22. The average Bonchev–Trinajstić information content (AvgIpc) is 3.15. The van der Waals surface area contributed by atoms with Crippen LogP contribution in [0.15, 0.2) is 34.1 Å². The van der Waals surface area contributed by atoms with E-state index in [1.54, 1.807) is 11.3 Å². The van der Waals surface area contributed by atoms with Crippen LogP contribution in [0.1, 0.15) is 16.7 Å². The first-order chi connectivity index (χ1) is 10.6. The van der Waals surface area contributed by atoms with Crippen LogP contribution in [-0.2, 0) is 6.42 Å². The standard InChI is InChI=1S/C17H16BrN3S/c1-10-3-4-13(11(2)9-10)21-17-12(7-8-19-17)16(20-21)14-5-6-15(18)22-14/h3-6,9,19H,7-8H2,1-2H3. The van der Waals surface area contributed by atoms with Gasteiger partial charge in [-0.15, -0.1) is 11.3 Å². The second-order valence-corrected chi connectivity index (χ2v) is 8.12. The zero-order valence-corrected chi connectivity index (χ0v) is 14.9. The number of rotatable bonds is 2. The quantitative estimate of drug-likeness (QED) is 0.688. The number of nitrogens with zero attached hydrogens (tertiary/aromatic N) is 2. The van der Waals surface area contributed by atoms with Gasteiger partial charge in [-0.25, -0.2) is 4.68 Å². The SMILES string of the molecule is Cc1ccc(-n2nc(-c3ccc(Br)s3)c3c2NCC3)c(C)c1. The number of halogens is 1. The summed E-state index contributed by atoms with van der Waals surface area (Å²) in [6, 6.07) is 10.7. The predicted molar refractivity (Wildman–Crippen MR) is 96.2 cm³/mol. The van der Waals surface area contributed by atoms with E-state index in [1.165, 1.54) is 21.6 Å². The Bertz CT molecular complexity index is 863. The highest BCUT2D eigenvalue weighted by Crippen LogP contribution is 2.39. The Morgan fingerprint density at radius 1 is 1.23 bits per heavy atom. The maximum absolute atomic E-state index is 4.92. The first kappa shape index (κ1) is 14.0. The lowest BCUT2D eigenvalue weighted by atomic mass is 10.1. The normalized spacial score (nSPS) is 13.2. The Hall–Kier alpha value is -1.59. The molecular formula is C17H16BrN3S. The van der Waals surface area contributed by atoms with Crippen molar-refractivity contribution in [2.75, 3.05) is 11.9 Å². The zero-order chi connectivity index (χ0) is 15.3. The first-order valence-corrected chi connectivity index (χ1v) is 8.93. The number of hydrogen-bond acceptors (Lipinski definition) is 3. The number of benzene rings is 1. The maximum Gasteiger partial charge on any atom is 0.133 e. The summed E-state index contributed by atoms with van der Waals surface area (Å²) < 4.78 is 3.21. The average molecular weight is 374 g/mol. The Morgan fingerprint density at radius 3 is 2.82 bits per heavy atom. The lowest BCUT2D eigenvalue weighted by molar-refractivity contribution is 0.875. The zero-order valence-electron chi connectivity index (χ0n) is 12.5. The maximum atomic E-state index is 4.92. The molecule has 2 aromatic heterocycles. The monoisotopic (exact) mass is 373 g/mol. The van der Waals surface area contributed by atoms with Crippen molar-refractivity contribution in [3.05, 3.63) is 50.8 Å². The Labute approximate surface area is 142 Å². The largest absolute Gasteiger partial charge is 0.369 e. The molecule has 5 heteroatoms. The molecule has 1 aliphatic heterocycles. The van der Waals surface area contributed by atoms with Crippen molar-refractivity contribution in [2.45, 2.75) is 20.3 Å². The van der Waals surface area contributed by atoms with E-state index in [0.29, 0.717) is 0 Å². The van der Waals surface area contributed by atoms with Gasteiger partial charge in [-0.1, -0.05) is 17.7 Å². The van der Waals surface area contributed by atoms with E-state index in [1.807, 2.05) is 0 Å². The van der Waals surface area contributed by atoms with Gasteiger partial charge in [0.2, 0.25) is 0 Å². The molecule has 0 fully saturated rings. The van der Waals surface area contributed by atoms with Crippen LogP contribution in [0, 0.1) is 13.8 Å². The van der Waals surface area contributed by atoms with Gasteiger partial charge in [0, 0.05) is 12.1 Å². The first-order valence-electron chi connectivity index (χ1n) is 7.32. The second-order valence-electron chi connectivity index (χ2n) is 5.66. The van der Waals surface area contributed by atoms with Gasteiger partial charge in [0.25, 0.3) is 0 Å². The molecule has 0 spiro atoms. The van der Waals surface area contributed by atoms with Crippen molar-refractivity contribution in [1.82, 2.24) is 9.78 Å². The molecule has 1 N–H and O–H groups in total. The minimum Gasteiger partial charge on any atom is -0.369 e. The topological polar surface area (TPSA) is 29.9 Å². The number of thiophene rings is 1. The van der Waals surface area contributed by atoms with Crippen LogP contribution < -0.4 is 5.32 Å². The molecule has 0 saturated heterocycles. The summed E-state index contributed by atoms with van der Waals surface area (Å²) in [6.45, 7) is 5.25. The summed E-state index contributed by atoms with van der Waals surface area (Å²) in [5, 5.41) is 8.42. The molecule has 0 radical (unpaired) electrons. The highest BCUT2D eigenvalue weighted by Gasteiger charge is 2.25. The third-order valence-electron chi connectivity index (χ3n) is 4.04. The van der Waals surface area contributed by atoms with Crippen molar-refractivity contribution in [1.29, 1.82) is 0 Å². The van der Waals surface area contributed by atoms with Gasteiger partial charge < -0.3 is 5.32 Å². The molecule has 3 nitrogen and oxygen atoms in total. The van der Waals surface area contributed by atoms with Crippen molar-refractivity contribution in [3.63, 3.8) is 0 Å². The van der Waals surface area contributed by atoms with Crippen LogP contribution in [-0.4, -0.2) is 16.3 Å². The summed E-state index contributed by atoms with van der Waals surface area (Å²) >= 11 is 5.28. The van der Waals surface area contributed by atoms with Crippen LogP contribution in [0.5, 0.6) is 0 Å². The summed E-state index contributed by atoms with van der Waals surface area (Å²) in [6.07, 6.45) is 1.03. The highest BCUT2D eigenvalue weighted by molar-refractivity contribution is 9.11. The molecule has 0 amide bonds. The summed E-state index contributed by atoms with van der Waals surface area (Å²) in [5.74, 6) is 1.14. The number of hydrogen-bond donors (Lipinski definition) is 1. The van der Waals surface area contributed by atoms with Crippen LogP contribution in [0.3, 0.4) is 0 Å². The lowest BCUT2D eigenvalue weighted by Gasteiger charge is -2.10. The minimum absolute atomic E-state index is 0.984. The molecule has 0 unspecified atom stereocenters. The molecular weight excluding hydrogens is 358 g/mol. The highest BCUT2D eigenvalue weighted by atomic mass is 79.9. The molecule has 3 aromatic rings. The number of anilines is 1. The summed E-state index contributed by atoms with van der Waals surface area (Å²) in [7, 11) is 0. The van der Waals surface area contributed by atoms with Crippen LogP contribution in [0.2, 0.25) is 0 Å². The van der Waals surface area contributed by atoms with Gasteiger partial charge in [-0.2, -0.15) is 5.10 Å². The lowest BCUT2D eigenvalue weighted by Crippen LogP contribution is -2.05. The van der Waals surface area contributed by atoms with Crippen molar-refractivity contribution < 1.29 is 0 Å². The molecule has 0 saturated carbocycles. The number of fused-ring (bicyclic) bond motifs is 1. The van der Waals surface area contributed by atoms with Gasteiger partial charge in [-0.05, 0) is 60.0 Å². The van der Waals surface area contributed by atoms with E-state index in [-0.39, 0.29) is 0 Å². The van der Waals surface area contributed by atoms with Crippen molar-refractivity contribution >= 4 is 33.1 Å². The van der Waals surface area contributed by atoms with Crippen LogP contribution in [0.25, 0.3) is 16.3 Å². The third kappa shape index (κ3) is 2.20. The van der Waals surface area contributed by atoms with E-state index >= 15 is 0 Å². The Kier molecular flexibility index (Phi) is 3.35. The molecule has 0 bridgehead atoms. The van der Waals surface area contributed by atoms with Gasteiger partial charge in [0.15, 0.2) is 0 Å². The van der Waals surface area contributed by atoms with E-state index in [9.17, 15) is 0 Å². The smallest absolute Gasteiger partial charge is 0.133 e. The molecule has 112 valence electrons. The number of aromatic nitrogens is 2. The molecule has 0 atom stereocenters. The van der Waals surface area contributed by atoms with Crippen molar-refractivity contribution in [3.8, 4) is 16.3 Å². The molecule has 0 aliphatic carbocycles. The van der Waals surface area contributed by atoms with E-state index in [2.05, 4.69) is 70.1 Å². The Morgan fingerprint density at radius 2 is 2.09 bits per heavy atom. The van der Waals surface area contributed by atoms with Gasteiger partial charge >= 0.3 is 0 Å². The number of nitrogens with one attached hydrogen (secondary N) is 1. The van der Waals surface area contributed by atoms with Crippen molar-refractivity contribution in [2.24, 2.45) is 0 Å². The number of aryl methyl sites for hydroxylation is 2. The molecule has 3 heterocycles. The van der Waals surface area contributed by atoms with Gasteiger partial charge in [-0.3, -0.25) is 0 Å².